The van der Waals surface area contributed by atoms with Crippen molar-refractivity contribution < 1.29 is 9.90 Å². The van der Waals surface area contributed by atoms with Gasteiger partial charge in [0.25, 0.3) is 0 Å². The van der Waals surface area contributed by atoms with Gasteiger partial charge in [0.2, 0.25) is 5.91 Å². The monoisotopic (exact) mass is 287 g/mol. The maximum Gasteiger partial charge on any atom is 0.223 e. The Bertz CT molecular complexity index is 444. The van der Waals surface area contributed by atoms with Crippen LogP contribution in [0.4, 0.5) is 0 Å². The van der Waals surface area contributed by atoms with Gasteiger partial charge >= 0.3 is 0 Å². The Hall–Kier alpha value is -0.770. The summed E-state index contributed by atoms with van der Waals surface area (Å²) in [6.07, 6.45) is 0.143. The van der Waals surface area contributed by atoms with Crippen LogP contribution in [0.2, 0.25) is 10.0 Å². The molecule has 0 radical (unpaired) electrons. The van der Waals surface area contributed by atoms with E-state index in [1.807, 2.05) is 6.92 Å². The van der Waals surface area contributed by atoms with Gasteiger partial charge in [-0.3, -0.25) is 4.79 Å². The van der Waals surface area contributed by atoms with Gasteiger partial charge < -0.3 is 10.4 Å². The summed E-state index contributed by atoms with van der Waals surface area (Å²) in [6, 6.07) is 4.89. The fourth-order valence-corrected chi connectivity index (χ4v) is 2.44. The molecule has 18 heavy (non-hydrogen) atoms. The van der Waals surface area contributed by atoms with Gasteiger partial charge in [-0.25, -0.2) is 0 Å². The lowest BCUT2D eigenvalue weighted by Gasteiger charge is -2.13. The van der Waals surface area contributed by atoms with Crippen LogP contribution in [-0.4, -0.2) is 17.6 Å². The molecule has 1 aliphatic carbocycles. The van der Waals surface area contributed by atoms with E-state index in [2.05, 4.69) is 5.32 Å². The number of aliphatic hydroxyl groups excluding tert-OH is 1. The first-order valence-electron chi connectivity index (χ1n) is 5.89. The summed E-state index contributed by atoms with van der Waals surface area (Å²) in [5.74, 6) is 0.581. The van der Waals surface area contributed by atoms with Crippen LogP contribution in [0.15, 0.2) is 18.2 Å². The molecule has 0 heterocycles. The number of nitrogens with one attached hydrogen (secondary N) is 1. The molecule has 0 saturated heterocycles. The van der Waals surface area contributed by atoms with Crippen molar-refractivity contribution in [1.82, 2.24) is 5.32 Å². The lowest BCUT2D eigenvalue weighted by Crippen LogP contribution is -2.30. The Morgan fingerprint density at radius 2 is 2.00 bits per heavy atom. The predicted octanol–water partition coefficient (Wildman–Crippen LogP) is 2.80. The molecule has 0 spiro atoms. The van der Waals surface area contributed by atoms with Crippen molar-refractivity contribution in [3.63, 3.8) is 0 Å². The van der Waals surface area contributed by atoms with Crippen molar-refractivity contribution in [2.24, 2.45) is 11.8 Å². The van der Waals surface area contributed by atoms with Crippen LogP contribution >= 0.6 is 23.2 Å². The zero-order chi connectivity index (χ0) is 13.3. The van der Waals surface area contributed by atoms with Crippen molar-refractivity contribution in [3.05, 3.63) is 33.8 Å². The minimum Gasteiger partial charge on any atom is -0.387 e. The molecule has 1 saturated carbocycles. The summed E-state index contributed by atoms with van der Waals surface area (Å²) in [7, 11) is 0. The molecule has 1 amide bonds. The number of carbonyl (C=O) groups excluding carboxylic acids is 1. The number of amides is 1. The molecule has 3 nitrogen and oxygen atoms in total. The van der Waals surface area contributed by atoms with Crippen LogP contribution in [-0.2, 0) is 4.79 Å². The Kier molecular flexibility index (Phi) is 4.15. The van der Waals surface area contributed by atoms with Crippen molar-refractivity contribution in [2.75, 3.05) is 6.54 Å². The number of carbonyl (C=O) groups is 1. The van der Waals surface area contributed by atoms with Crippen LogP contribution in [0.5, 0.6) is 0 Å². The van der Waals surface area contributed by atoms with E-state index >= 15 is 0 Å². The minimum atomic E-state index is -0.792. The SMILES string of the molecule is C[C@@H]1C[C@H]1C(=O)NC[C@H](O)c1cc(Cl)cc(Cl)c1. The summed E-state index contributed by atoms with van der Waals surface area (Å²) < 4.78 is 0. The highest BCUT2D eigenvalue weighted by molar-refractivity contribution is 6.34. The van der Waals surface area contributed by atoms with E-state index in [9.17, 15) is 9.90 Å². The zero-order valence-electron chi connectivity index (χ0n) is 9.99. The van der Waals surface area contributed by atoms with Gasteiger partial charge in [0, 0.05) is 22.5 Å². The van der Waals surface area contributed by atoms with Crippen molar-refractivity contribution in [2.45, 2.75) is 19.4 Å². The number of hydrogen-bond acceptors (Lipinski definition) is 2. The molecular formula is C13H15Cl2NO2. The quantitative estimate of drug-likeness (QED) is 0.895. The van der Waals surface area contributed by atoms with Crippen LogP contribution < -0.4 is 5.32 Å². The highest BCUT2D eigenvalue weighted by Crippen LogP contribution is 2.37. The van der Waals surface area contributed by atoms with E-state index in [1.54, 1.807) is 18.2 Å². The number of halogens is 2. The molecule has 2 rings (SSSR count). The topological polar surface area (TPSA) is 49.3 Å². The molecule has 98 valence electrons. The van der Waals surface area contributed by atoms with Gasteiger partial charge in [-0.2, -0.15) is 0 Å². The third-order valence-electron chi connectivity index (χ3n) is 3.19. The second-order valence-electron chi connectivity index (χ2n) is 4.78. The van der Waals surface area contributed by atoms with E-state index in [1.165, 1.54) is 0 Å². The standard InChI is InChI=1S/C13H15Cl2NO2/c1-7-2-11(7)13(18)16-6-12(17)8-3-9(14)5-10(15)4-8/h3-5,7,11-12,17H,2,6H2,1H3,(H,16,18)/t7-,11-,12+/m1/s1. The molecule has 1 aliphatic rings. The lowest BCUT2D eigenvalue weighted by atomic mass is 10.1. The van der Waals surface area contributed by atoms with Gasteiger partial charge in [-0.1, -0.05) is 30.1 Å². The maximum absolute atomic E-state index is 11.6. The first-order chi connectivity index (χ1) is 8.47. The van der Waals surface area contributed by atoms with E-state index in [-0.39, 0.29) is 18.4 Å². The second kappa shape index (κ2) is 5.47. The van der Waals surface area contributed by atoms with Gasteiger partial charge in [0.05, 0.1) is 6.10 Å². The molecule has 2 N–H and O–H groups in total. The number of aliphatic hydroxyl groups is 1. The molecule has 1 aromatic carbocycles. The van der Waals surface area contributed by atoms with Crippen molar-refractivity contribution >= 4 is 29.1 Å². The molecule has 1 fully saturated rings. The van der Waals surface area contributed by atoms with Gasteiger partial charge in [-0.05, 0) is 36.1 Å². The average molecular weight is 288 g/mol. The summed E-state index contributed by atoms with van der Waals surface area (Å²) in [4.78, 5) is 11.6. The first-order valence-corrected chi connectivity index (χ1v) is 6.64. The fraction of sp³-hybridized carbons (Fsp3) is 0.462. The van der Waals surface area contributed by atoms with Crippen LogP contribution in [0.25, 0.3) is 0 Å². The zero-order valence-corrected chi connectivity index (χ0v) is 11.5. The number of rotatable bonds is 4. The van der Waals surface area contributed by atoms with Gasteiger partial charge in [0.15, 0.2) is 0 Å². The van der Waals surface area contributed by atoms with E-state index in [4.69, 9.17) is 23.2 Å². The highest BCUT2D eigenvalue weighted by atomic mass is 35.5. The first kappa shape index (κ1) is 13.7. The molecule has 0 aromatic heterocycles. The highest BCUT2D eigenvalue weighted by Gasteiger charge is 2.38. The largest absolute Gasteiger partial charge is 0.387 e. The molecule has 0 aliphatic heterocycles. The molecule has 3 atom stereocenters. The van der Waals surface area contributed by atoms with Crippen LogP contribution in [0.1, 0.15) is 25.0 Å². The Labute approximate surface area is 116 Å². The summed E-state index contributed by atoms with van der Waals surface area (Å²) in [6.45, 7) is 2.22. The summed E-state index contributed by atoms with van der Waals surface area (Å²) in [5, 5.41) is 13.6. The molecule has 0 unspecified atom stereocenters. The van der Waals surface area contributed by atoms with Crippen molar-refractivity contribution in [1.29, 1.82) is 0 Å². The average Bonchev–Trinajstić information content (AvgIpc) is 3.01. The minimum absolute atomic E-state index is 0.00896. The Morgan fingerprint density at radius 1 is 1.44 bits per heavy atom. The van der Waals surface area contributed by atoms with Crippen LogP contribution in [0, 0.1) is 11.8 Å². The number of hydrogen-bond donors (Lipinski definition) is 2. The van der Waals surface area contributed by atoms with E-state index in [0.29, 0.717) is 21.5 Å². The van der Waals surface area contributed by atoms with E-state index in [0.717, 1.165) is 6.42 Å². The molecule has 0 bridgehead atoms. The summed E-state index contributed by atoms with van der Waals surface area (Å²) >= 11 is 11.7. The predicted molar refractivity (Wildman–Crippen MR) is 71.7 cm³/mol. The molecule has 5 heteroatoms. The number of benzene rings is 1. The fourth-order valence-electron chi connectivity index (χ4n) is 1.90. The molecule has 1 aromatic rings. The second-order valence-corrected chi connectivity index (χ2v) is 5.66. The third-order valence-corrected chi connectivity index (χ3v) is 3.62. The van der Waals surface area contributed by atoms with Crippen LogP contribution in [0.3, 0.4) is 0 Å². The summed E-state index contributed by atoms with van der Waals surface area (Å²) in [5.41, 5.74) is 0.608. The molecular weight excluding hydrogens is 273 g/mol. The normalized spacial score (nSPS) is 23.6. The van der Waals surface area contributed by atoms with E-state index < -0.39 is 6.10 Å². The Morgan fingerprint density at radius 3 is 2.50 bits per heavy atom. The van der Waals surface area contributed by atoms with Gasteiger partial charge in [0.1, 0.15) is 0 Å². The Balaban J connectivity index is 1.91. The maximum atomic E-state index is 11.6. The van der Waals surface area contributed by atoms with Crippen molar-refractivity contribution in [3.8, 4) is 0 Å². The smallest absolute Gasteiger partial charge is 0.223 e. The van der Waals surface area contributed by atoms with Gasteiger partial charge in [-0.15, -0.1) is 0 Å². The lowest BCUT2D eigenvalue weighted by molar-refractivity contribution is -0.123. The third kappa shape index (κ3) is 3.37.